The highest BCUT2D eigenvalue weighted by Crippen LogP contribution is 2.09. The largest absolute Gasteiger partial charge is 0.469 e. The zero-order chi connectivity index (χ0) is 12.7. The highest BCUT2D eigenvalue weighted by atomic mass is 16.5. The van der Waals surface area contributed by atoms with E-state index in [4.69, 9.17) is 4.74 Å². The Bertz CT molecular complexity index is 269. The molecular weight excluding hydrogens is 226 g/mol. The van der Waals surface area contributed by atoms with E-state index in [-0.39, 0.29) is 24.5 Å². The number of carbonyl (C=O) groups is 2. The fourth-order valence-electron chi connectivity index (χ4n) is 1.73. The van der Waals surface area contributed by atoms with Gasteiger partial charge in [-0.25, -0.2) is 0 Å². The van der Waals surface area contributed by atoms with Gasteiger partial charge in [0.15, 0.2) is 0 Å². The summed E-state index contributed by atoms with van der Waals surface area (Å²) in [6, 6.07) is 0. The molecule has 0 aliphatic carbocycles. The molecule has 1 aliphatic rings. The molecule has 0 N–H and O–H groups in total. The minimum Gasteiger partial charge on any atom is -0.469 e. The first-order valence-corrected chi connectivity index (χ1v) is 5.63. The Labute approximate surface area is 101 Å². The van der Waals surface area contributed by atoms with Crippen LogP contribution in [0.3, 0.4) is 0 Å². The number of ether oxygens (including phenoxy) is 3. The maximum absolute atomic E-state index is 11.1. The standard InChI is InChI=1S/C11H19NO5/c1-15-10(13)3-4-12-5-6-17-9(8-12)7-11(14)16-2/h9H,3-8H2,1-2H3. The third-order valence-electron chi connectivity index (χ3n) is 2.70. The summed E-state index contributed by atoms with van der Waals surface area (Å²) in [4.78, 5) is 24.2. The molecule has 0 saturated carbocycles. The summed E-state index contributed by atoms with van der Waals surface area (Å²) in [5, 5.41) is 0. The Morgan fingerprint density at radius 2 is 2.00 bits per heavy atom. The van der Waals surface area contributed by atoms with Crippen molar-refractivity contribution in [1.29, 1.82) is 0 Å². The summed E-state index contributed by atoms with van der Waals surface area (Å²) in [5.41, 5.74) is 0. The molecule has 1 rings (SSSR count). The molecular formula is C11H19NO5. The molecule has 1 heterocycles. The SMILES string of the molecule is COC(=O)CCN1CCOC(CC(=O)OC)C1. The Morgan fingerprint density at radius 1 is 1.29 bits per heavy atom. The average Bonchev–Trinajstić information content (AvgIpc) is 2.36. The number of esters is 2. The van der Waals surface area contributed by atoms with Gasteiger partial charge in [0.1, 0.15) is 0 Å². The van der Waals surface area contributed by atoms with E-state index in [0.717, 1.165) is 6.54 Å². The van der Waals surface area contributed by atoms with E-state index in [2.05, 4.69) is 14.4 Å². The molecule has 98 valence electrons. The van der Waals surface area contributed by atoms with Crippen molar-refractivity contribution in [2.75, 3.05) is 40.5 Å². The Balaban J connectivity index is 2.28. The summed E-state index contributed by atoms with van der Waals surface area (Å²) >= 11 is 0. The Kier molecular flexibility index (Phi) is 5.93. The number of methoxy groups -OCH3 is 2. The molecule has 0 radical (unpaired) electrons. The lowest BCUT2D eigenvalue weighted by atomic mass is 10.2. The Morgan fingerprint density at radius 3 is 2.65 bits per heavy atom. The van der Waals surface area contributed by atoms with Crippen molar-refractivity contribution in [3.05, 3.63) is 0 Å². The first kappa shape index (κ1) is 13.9. The maximum Gasteiger partial charge on any atom is 0.308 e. The normalized spacial score (nSPS) is 20.9. The van der Waals surface area contributed by atoms with E-state index >= 15 is 0 Å². The average molecular weight is 245 g/mol. The minimum atomic E-state index is -0.273. The molecule has 1 aliphatic heterocycles. The number of hydrogen-bond acceptors (Lipinski definition) is 6. The first-order chi connectivity index (χ1) is 8.15. The molecule has 0 amide bonds. The van der Waals surface area contributed by atoms with Crippen LogP contribution in [0.1, 0.15) is 12.8 Å². The highest BCUT2D eigenvalue weighted by Gasteiger charge is 2.23. The van der Waals surface area contributed by atoms with Crippen molar-refractivity contribution < 1.29 is 23.8 Å². The van der Waals surface area contributed by atoms with Gasteiger partial charge in [0.05, 0.1) is 39.8 Å². The monoisotopic (exact) mass is 245 g/mol. The molecule has 1 fully saturated rings. The molecule has 6 heteroatoms. The number of carbonyl (C=O) groups excluding carboxylic acids is 2. The third-order valence-corrected chi connectivity index (χ3v) is 2.70. The van der Waals surface area contributed by atoms with Gasteiger partial charge in [0, 0.05) is 19.6 Å². The molecule has 0 bridgehead atoms. The zero-order valence-corrected chi connectivity index (χ0v) is 10.3. The molecule has 1 atom stereocenters. The van der Waals surface area contributed by atoms with Gasteiger partial charge in [-0.3, -0.25) is 14.5 Å². The zero-order valence-electron chi connectivity index (χ0n) is 10.3. The second kappa shape index (κ2) is 7.24. The summed E-state index contributed by atoms with van der Waals surface area (Å²) in [6.45, 7) is 2.62. The predicted octanol–water partition coefficient (Wildman–Crippen LogP) is -0.187. The van der Waals surface area contributed by atoms with Gasteiger partial charge in [-0.2, -0.15) is 0 Å². The summed E-state index contributed by atoms with van der Waals surface area (Å²) in [5.74, 6) is -0.495. The smallest absolute Gasteiger partial charge is 0.308 e. The van der Waals surface area contributed by atoms with E-state index in [1.807, 2.05) is 0 Å². The van der Waals surface area contributed by atoms with E-state index < -0.39 is 0 Å². The fourth-order valence-corrected chi connectivity index (χ4v) is 1.73. The van der Waals surface area contributed by atoms with E-state index in [9.17, 15) is 9.59 Å². The van der Waals surface area contributed by atoms with Crippen molar-refractivity contribution in [1.82, 2.24) is 4.90 Å². The van der Waals surface area contributed by atoms with E-state index in [0.29, 0.717) is 26.1 Å². The predicted molar refractivity (Wildman–Crippen MR) is 59.4 cm³/mol. The van der Waals surface area contributed by atoms with Crippen LogP contribution >= 0.6 is 0 Å². The second-order valence-electron chi connectivity index (χ2n) is 3.90. The van der Waals surface area contributed by atoms with Crippen molar-refractivity contribution in [3.63, 3.8) is 0 Å². The van der Waals surface area contributed by atoms with Gasteiger partial charge >= 0.3 is 11.9 Å². The number of morpholine rings is 1. The van der Waals surface area contributed by atoms with Crippen LogP contribution in [-0.4, -0.2) is 63.4 Å². The van der Waals surface area contributed by atoms with Crippen LogP contribution in [0.5, 0.6) is 0 Å². The van der Waals surface area contributed by atoms with Crippen LogP contribution in [-0.2, 0) is 23.8 Å². The molecule has 0 aromatic carbocycles. The van der Waals surface area contributed by atoms with E-state index in [1.165, 1.54) is 14.2 Å². The van der Waals surface area contributed by atoms with Crippen LogP contribution in [0.25, 0.3) is 0 Å². The second-order valence-corrected chi connectivity index (χ2v) is 3.90. The quantitative estimate of drug-likeness (QED) is 0.626. The molecule has 0 aromatic heterocycles. The van der Waals surface area contributed by atoms with Gasteiger partial charge < -0.3 is 14.2 Å². The van der Waals surface area contributed by atoms with Gasteiger partial charge in [-0.05, 0) is 0 Å². The van der Waals surface area contributed by atoms with Gasteiger partial charge in [-0.15, -0.1) is 0 Å². The summed E-state index contributed by atoms with van der Waals surface area (Å²) < 4.78 is 14.6. The van der Waals surface area contributed by atoms with Gasteiger partial charge in [0.25, 0.3) is 0 Å². The van der Waals surface area contributed by atoms with Crippen LogP contribution in [0.15, 0.2) is 0 Å². The van der Waals surface area contributed by atoms with Crippen LogP contribution in [0.2, 0.25) is 0 Å². The lowest BCUT2D eigenvalue weighted by Gasteiger charge is -2.32. The molecule has 0 aromatic rings. The Hall–Kier alpha value is -1.14. The van der Waals surface area contributed by atoms with Gasteiger partial charge in [-0.1, -0.05) is 0 Å². The molecule has 1 saturated heterocycles. The highest BCUT2D eigenvalue weighted by molar-refractivity contribution is 5.70. The lowest BCUT2D eigenvalue weighted by Crippen LogP contribution is -2.44. The van der Waals surface area contributed by atoms with E-state index in [1.54, 1.807) is 0 Å². The van der Waals surface area contributed by atoms with Crippen LogP contribution < -0.4 is 0 Å². The molecule has 0 spiro atoms. The van der Waals surface area contributed by atoms with Crippen LogP contribution in [0.4, 0.5) is 0 Å². The maximum atomic E-state index is 11.1. The fraction of sp³-hybridized carbons (Fsp3) is 0.818. The van der Waals surface area contributed by atoms with Crippen molar-refractivity contribution >= 4 is 11.9 Å². The lowest BCUT2D eigenvalue weighted by molar-refractivity contribution is -0.147. The number of hydrogen-bond donors (Lipinski definition) is 0. The summed E-state index contributed by atoms with van der Waals surface area (Å²) in [7, 11) is 2.74. The van der Waals surface area contributed by atoms with Crippen LogP contribution in [0, 0.1) is 0 Å². The minimum absolute atomic E-state index is 0.145. The van der Waals surface area contributed by atoms with Gasteiger partial charge in [0.2, 0.25) is 0 Å². The van der Waals surface area contributed by atoms with Crippen molar-refractivity contribution in [2.45, 2.75) is 18.9 Å². The first-order valence-electron chi connectivity index (χ1n) is 5.63. The molecule has 6 nitrogen and oxygen atoms in total. The topological polar surface area (TPSA) is 65.1 Å². The molecule has 1 unspecified atom stereocenters. The van der Waals surface area contributed by atoms with Crippen molar-refractivity contribution in [3.8, 4) is 0 Å². The molecule has 17 heavy (non-hydrogen) atoms. The third kappa shape index (κ3) is 5.14. The van der Waals surface area contributed by atoms with Crippen molar-refractivity contribution in [2.24, 2.45) is 0 Å². The number of nitrogens with zero attached hydrogens (tertiary/aromatic N) is 1. The summed E-state index contributed by atoms with van der Waals surface area (Å²) in [6.07, 6.45) is 0.473. The number of rotatable bonds is 5.